The minimum Gasteiger partial charge on any atom is -0.378 e. The maximum absolute atomic E-state index is 14.5. The number of nitrogens with one attached hydrogen (secondary N) is 2. The number of aliphatic hydroxyl groups excluding tert-OH is 1. The van der Waals surface area contributed by atoms with Gasteiger partial charge in [0.2, 0.25) is 17.7 Å². The Morgan fingerprint density at radius 1 is 1.15 bits per heavy atom. The Balaban J connectivity index is 1.47. The van der Waals surface area contributed by atoms with E-state index < -0.39 is 35.9 Å². The number of hydrogen-bond acceptors (Lipinski definition) is 6. The maximum Gasteiger partial charge on any atom is 0.247 e. The number of anilines is 1. The Kier molecular flexibility index (Phi) is 10.6. The van der Waals surface area contributed by atoms with Gasteiger partial charge >= 0.3 is 0 Å². The number of aliphatic hydroxyl groups is 1. The average molecular weight is 609 g/mol. The highest BCUT2D eigenvalue weighted by molar-refractivity contribution is 6.42. The molecule has 1 saturated carbocycles. The summed E-state index contributed by atoms with van der Waals surface area (Å²) in [4.78, 5) is 43.5. The second-order valence-corrected chi connectivity index (χ2v) is 11.4. The second kappa shape index (κ2) is 13.9. The van der Waals surface area contributed by atoms with Gasteiger partial charge in [-0.1, -0.05) is 53.9 Å². The summed E-state index contributed by atoms with van der Waals surface area (Å²) < 4.78 is 14.5. The van der Waals surface area contributed by atoms with Crippen LogP contribution in [0.5, 0.6) is 0 Å². The molecule has 9 nitrogen and oxygen atoms in total. The number of nitrogens with zero attached hydrogens (tertiary/aromatic N) is 2. The normalized spacial score (nSPS) is 18.3. The first-order valence-corrected chi connectivity index (χ1v) is 14.6. The van der Waals surface area contributed by atoms with Crippen LogP contribution in [-0.2, 0) is 27.3 Å². The van der Waals surface area contributed by atoms with Crippen molar-refractivity contribution in [1.29, 1.82) is 0 Å². The summed E-state index contributed by atoms with van der Waals surface area (Å²) in [6.07, 6.45) is 3.08. The molecule has 3 amide bonds. The van der Waals surface area contributed by atoms with Gasteiger partial charge in [-0.25, -0.2) is 4.39 Å². The van der Waals surface area contributed by atoms with Gasteiger partial charge < -0.3 is 26.4 Å². The number of fused-ring (bicyclic) bond motifs is 1. The minimum atomic E-state index is -1.09. The topological polar surface area (TPSA) is 128 Å². The lowest BCUT2D eigenvalue weighted by Gasteiger charge is -2.39. The van der Waals surface area contributed by atoms with Crippen LogP contribution >= 0.6 is 23.2 Å². The average Bonchev–Trinajstić information content (AvgIpc) is 2.93. The molecule has 222 valence electrons. The van der Waals surface area contributed by atoms with Crippen LogP contribution in [0.15, 0.2) is 36.4 Å². The molecule has 2 aromatic carbocycles. The van der Waals surface area contributed by atoms with Gasteiger partial charge in [0.1, 0.15) is 18.3 Å². The van der Waals surface area contributed by atoms with E-state index in [1.54, 1.807) is 0 Å². The van der Waals surface area contributed by atoms with Crippen LogP contribution in [0.2, 0.25) is 10.0 Å². The van der Waals surface area contributed by atoms with E-state index in [4.69, 9.17) is 28.9 Å². The summed E-state index contributed by atoms with van der Waals surface area (Å²) in [7, 11) is 1.86. The van der Waals surface area contributed by atoms with E-state index in [9.17, 15) is 23.9 Å². The van der Waals surface area contributed by atoms with Gasteiger partial charge in [0, 0.05) is 25.4 Å². The molecule has 12 heteroatoms. The molecule has 3 atom stereocenters. The van der Waals surface area contributed by atoms with Crippen molar-refractivity contribution >= 4 is 46.6 Å². The summed E-state index contributed by atoms with van der Waals surface area (Å²) in [6.45, 7) is 0.300. The highest BCUT2D eigenvalue weighted by atomic mass is 35.5. The molecule has 0 spiro atoms. The molecule has 0 bridgehead atoms. The zero-order valence-electron chi connectivity index (χ0n) is 22.9. The maximum atomic E-state index is 14.5. The van der Waals surface area contributed by atoms with Gasteiger partial charge in [-0.05, 0) is 62.5 Å². The molecule has 2 aromatic rings. The van der Waals surface area contributed by atoms with Crippen molar-refractivity contribution < 1.29 is 23.9 Å². The van der Waals surface area contributed by atoms with Crippen molar-refractivity contribution in [3.63, 3.8) is 0 Å². The molecular formula is C29H36Cl2FN5O4. The smallest absolute Gasteiger partial charge is 0.247 e. The van der Waals surface area contributed by atoms with Crippen LogP contribution in [-0.4, -0.2) is 70.6 Å². The predicted molar refractivity (Wildman–Crippen MR) is 156 cm³/mol. The Labute approximate surface area is 249 Å². The highest BCUT2D eigenvalue weighted by Crippen LogP contribution is 2.30. The first kappa shape index (κ1) is 31.2. The molecule has 2 aliphatic rings. The Hall–Kier alpha value is -2.76. The van der Waals surface area contributed by atoms with E-state index in [1.807, 2.05) is 36.2 Å². The molecule has 1 unspecified atom stereocenters. The fourth-order valence-corrected chi connectivity index (χ4v) is 5.51. The largest absolute Gasteiger partial charge is 0.378 e. The Morgan fingerprint density at radius 2 is 1.85 bits per heavy atom. The molecule has 0 radical (unpaired) electrons. The van der Waals surface area contributed by atoms with Crippen LogP contribution in [0.1, 0.15) is 49.7 Å². The lowest BCUT2D eigenvalue weighted by molar-refractivity contribution is -0.143. The lowest BCUT2D eigenvalue weighted by atomic mass is 9.91. The molecule has 4 rings (SSSR count). The van der Waals surface area contributed by atoms with Crippen molar-refractivity contribution in [3.05, 3.63) is 63.4 Å². The third-order valence-electron chi connectivity index (χ3n) is 7.99. The van der Waals surface area contributed by atoms with E-state index in [1.165, 1.54) is 17.0 Å². The van der Waals surface area contributed by atoms with Crippen LogP contribution in [0.25, 0.3) is 0 Å². The molecule has 5 N–H and O–H groups in total. The van der Waals surface area contributed by atoms with Crippen LogP contribution in [0.4, 0.5) is 10.1 Å². The van der Waals surface area contributed by atoms with Crippen molar-refractivity contribution in [2.45, 2.75) is 75.8 Å². The number of carbonyl (C=O) groups is 3. The zero-order chi connectivity index (χ0) is 29.7. The predicted octanol–water partition coefficient (Wildman–Crippen LogP) is 3.44. The van der Waals surface area contributed by atoms with Crippen molar-refractivity contribution in [3.8, 4) is 0 Å². The SMILES string of the molecule is CN(C(O)CCC(=O)N1Cc2ccccc2C[C@H]1C(=O)N[C@@H](CCN)C(=O)Nc1ccc(Cl)c(Cl)c1F)C1CCC1. The van der Waals surface area contributed by atoms with Gasteiger partial charge in [-0.3, -0.25) is 19.3 Å². The van der Waals surface area contributed by atoms with E-state index >= 15 is 0 Å². The van der Waals surface area contributed by atoms with E-state index in [-0.39, 0.29) is 60.4 Å². The minimum absolute atomic E-state index is 0.00137. The number of rotatable bonds is 11. The Bertz CT molecular complexity index is 1280. The number of amides is 3. The number of benzene rings is 2. The number of nitrogens with two attached hydrogens (primary N) is 1. The number of halogens is 3. The second-order valence-electron chi connectivity index (χ2n) is 10.6. The molecule has 41 heavy (non-hydrogen) atoms. The van der Waals surface area contributed by atoms with E-state index in [0.29, 0.717) is 6.04 Å². The van der Waals surface area contributed by atoms with Gasteiger partial charge in [0.15, 0.2) is 5.82 Å². The van der Waals surface area contributed by atoms with Crippen LogP contribution in [0, 0.1) is 5.82 Å². The summed E-state index contributed by atoms with van der Waals surface area (Å²) in [5.41, 5.74) is 7.40. The first-order chi connectivity index (χ1) is 19.6. The highest BCUT2D eigenvalue weighted by Gasteiger charge is 2.36. The quantitative estimate of drug-likeness (QED) is 0.229. The van der Waals surface area contributed by atoms with Gasteiger partial charge in [0.05, 0.1) is 15.7 Å². The molecule has 1 aliphatic heterocycles. The summed E-state index contributed by atoms with van der Waals surface area (Å²) in [5, 5.41) is 15.5. The standard InChI is InChI=1S/C29H36Cl2FN5O4/c1-36(19-7-4-8-19)24(38)11-12-25(39)37-16-18-6-3-2-5-17(18)15-23(37)29(41)35-22(13-14-33)28(40)34-21-10-9-20(30)26(31)27(21)32/h2-3,5-6,9-10,19,22-24,38H,4,7-8,11-16,33H2,1H3,(H,34,40)(H,35,41)/t22-,23-,24?/m0/s1. The van der Waals surface area contributed by atoms with Crippen LogP contribution < -0.4 is 16.4 Å². The zero-order valence-corrected chi connectivity index (χ0v) is 24.4. The summed E-state index contributed by atoms with van der Waals surface area (Å²) in [5.74, 6) is -2.37. The first-order valence-electron chi connectivity index (χ1n) is 13.8. The number of carbonyl (C=O) groups excluding carboxylic acids is 3. The van der Waals surface area contributed by atoms with Crippen molar-refractivity contribution in [1.82, 2.24) is 15.1 Å². The fourth-order valence-electron chi connectivity index (χ4n) is 5.20. The third kappa shape index (κ3) is 7.37. The third-order valence-corrected chi connectivity index (χ3v) is 8.77. The summed E-state index contributed by atoms with van der Waals surface area (Å²) in [6, 6.07) is 8.55. The molecule has 1 aliphatic carbocycles. The molecule has 0 saturated heterocycles. The molecule has 1 fully saturated rings. The summed E-state index contributed by atoms with van der Waals surface area (Å²) >= 11 is 11.7. The van der Waals surface area contributed by atoms with E-state index in [0.717, 1.165) is 30.4 Å². The van der Waals surface area contributed by atoms with Gasteiger partial charge in [0.25, 0.3) is 0 Å². The van der Waals surface area contributed by atoms with Gasteiger partial charge in [-0.2, -0.15) is 0 Å². The Morgan fingerprint density at radius 3 is 2.51 bits per heavy atom. The van der Waals surface area contributed by atoms with Gasteiger partial charge in [-0.15, -0.1) is 0 Å². The van der Waals surface area contributed by atoms with Crippen LogP contribution in [0.3, 0.4) is 0 Å². The molecule has 0 aromatic heterocycles. The number of hydrogen-bond donors (Lipinski definition) is 4. The van der Waals surface area contributed by atoms with Crippen molar-refractivity contribution in [2.75, 3.05) is 18.9 Å². The molecule has 1 heterocycles. The molecular weight excluding hydrogens is 572 g/mol. The fraction of sp³-hybridized carbons (Fsp3) is 0.483. The monoisotopic (exact) mass is 607 g/mol. The van der Waals surface area contributed by atoms with E-state index in [2.05, 4.69) is 10.6 Å². The van der Waals surface area contributed by atoms with Crippen molar-refractivity contribution in [2.24, 2.45) is 5.73 Å². The lowest BCUT2D eigenvalue weighted by Crippen LogP contribution is -2.56.